The van der Waals surface area contributed by atoms with Gasteiger partial charge in [0.1, 0.15) is 0 Å². The van der Waals surface area contributed by atoms with Gasteiger partial charge in [-0.3, -0.25) is 9.90 Å². The van der Waals surface area contributed by atoms with Crippen LogP contribution < -0.4 is 0 Å². The van der Waals surface area contributed by atoms with Gasteiger partial charge in [0.25, 0.3) is 0 Å². The van der Waals surface area contributed by atoms with Gasteiger partial charge in [-0.1, -0.05) is 6.07 Å². The average Bonchev–Trinajstić information content (AvgIpc) is 1.93. The maximum atomic E-state index is 6.75. The first-order valence-corrected chi connectivity index (χ1v) is 2.25. The summed E-state index contributed by atoms with van der Waals surface area (Å²) in [7, 11) is 0. The molecule has 0 bridgehead atoms. The summed E-state index contributed by atoms with van der Waals surface area (Å²) in [6.07, 6.45) is 3.50. The second-order valence-electron chi connectivity index (χ2n) is 1.11. The molecule has 0 amide bonds. The number of aromatic nitrogens is 1. The van der Waals surface area contributed by atoms with Crippen LogP contribution in [0.5, 0.6) is 0 Å². The SMILES string of the molecule is [N-]=[N+]=[N-].[Zn].c1ccncc1. The molecule has 0 saturated heterocycles. The van der Waals surface area contributed by atoms with Crippen molar-refractivity contribution >= 4 is 0 Å². The second-order valence-corrected chi connectivity index (χ2v) is 1.11. The molecule has 4 nitrogen and oxygen atoms in total. The Bertz CT molecular complexity index is 144. The van der Waals surface area contributed by atoms with Crippen molar-refractivity contribution in [3.8, 4) is 0 Å². The van der Waals surface area contributed by atoms with Crippen molar-refractivity contribution in [2.45, 2.75) is 0 Å². The van der Waals surface area contributed by atoms with Gasteiger partial charge in [0.05, 0.1) is 0 Å². The standard InChI is InChI=1S/C5H5N.N3.Zn/c1-2-4-6-5-3-1;1-3-2;/h1-5H;;/q;-1;. The summed E-state index contributed by atoms with van der Waals surface area (Å²) >= 11 is 0. The Kier molecular flexibility index (Phi) is 13.0. The molecule has 0 aromatic carbocycles. The zero-order chi connectivity index (χ0) is 6.95. The fraction of sp³-hybridized carbons (Fsp3) is 0. The third-order valence-electron chi connectivity index (χ3n) is 0.566. The van der Waals surface area contributed by atoms with E-state index in [1.54, 1.807) is 12.4 Å². The zero-order valence-electron chi connectivity index (χ0n) is 5.38. The van der Waals surface area contributed by atoms with Crippen LogP contribution in [0.2, 0.25) is 0 Å². The molecular formula is C5H5N4Zn-. The Hall–Kier alpha value is -0.917. The van der Waals surface area contributed by atoms with E-state index < -0.39 is 0 Å². The van der Waals surface area contributed by atoms with Crippen LogP contribution in [0.4, 0.5) is 0 Å². The molecule has 1 rings (SSSR count). The van der Waals surface area contributed by atoms with Crippen molar-refractivity contribution in [1.29, 1.82) is 0 Å². The molecule has 0 aliphatic heterocycles. The van der Waals surface area contributed by atoms with Gasteiger partial charge in [-0.25, -0.2) is 0 Å². The van der Waals surface area contributed by atoms with Crippen LogP contribution in [-0.4, -0.2) is 4.98 Å². The van der Waals surface area contributed by atoms with E-state index in [1.165, 1.54) is 4.91 Å². The van der Waals surface area contributed by atoms with Crippen molar-refractivity contribution in [1.82, 2.24) is 4.98 Å². The van der Waals surface area contributed by atoms with Crippen LogP contribution in [0.15, 0.2) is 30.6 Å². The predicted molar refractivity (Wildman–Crippen MR) is 34.3 cm³/mol. The van der Waals surface area contributed by atoms with E-state index in [9.17, 15) is 0 Å². The summed E-state index contributed by atoms with van der Waals surface area (Å²) in [4.78, 5) is 5.28. The molecule has 0 atom stereocenters. The molecule has 0 aliphatic carbocycles. The van der Waals surface area contributed by atoms with Crippen LogP contribution >= 0.6 is 0 Å². The summed E-state index contributed by atoms with van der Waals surface area (Å²) in [6, 6.07) is 5.72. The van der Waals surface area contributed by atoms with Crippen molar-refractivity contribution in [2.75, 3.05) is 0 Å². The molecule has 0 spiro atoms. The normalized spacial score (nSPS) is 5.60. The minimum atomic E-state index is 0. The first-order valence-electron chi connectivity index (χ1n) is 2.25. The summed E-state index contributed by atoms with van der Waals surface area (Å²) in [5.41, 5.74) is 13.5. The quantitative estimate of drug-likeness (QED) is 0.264. The van der Waals surface area contributed by atoms with Crippen molar-refractivity contribution in [3.63, 3.8) is 0 Å². The molecule has 0 radical (unpaired) electrons. The van der Waals surface area contributed by atoms with Crippen LogP contribution in [0.1, 0.15) is 0 Å². The monoisotopic (exact) mass is 185 g/mol. The van der Waals surface area contributed by atoms with Gasteiger partial charge in [-0.15, -0.1) is 0 Å². The van der Waals surface area contributed by atoms with Crippen molar-refractivity contribution < 1.29 is 19.5 Å². The molecule has 0 N–H and O–H groups in total. The molecule has 0 fully saturated rings. The van der Waals surface area contributed by atoms with Gasteiger partial charge in [0.15, 0.2) is 0 Å². The fourth-order valence-electron chi connectivity index (χ4n) is 0.313. The van der Waals surface area contributed by atoms with Crippen LogP contribution in [0.3, 0.4) is 0 Å². The molecule has 1 heterocycles. The third kappa shape index (κ3) is 10.1. The van der Waals surface area contributed by atoms with E-state index >= 15 is 0 Å². The number of hydrogen-bond donors (Lipinski definition) is 0. The maximum Gasteiger partial charge on any atom is 0.0267 e. The summed E-state index contributed by atoms with van der Waals surface area (Å²) in [5, 5.41) is 0. The summed E-state index contributed by atoms with van der Waals surface area (Å²) in [5.74, 6) is 0. The van der Waals surface area contributed by atoms with E-state index in [0.29, 0.717) is 0 Å². The largest absolute Gasteiger partial charge is 0.373 e. The Morgan fingerprint density at radius 3 is 1.50 bits per heavy atom. The number of pyridine rings is 1. The Morgan fingerprint density at radius 1 is 1.00 bits per heavy atom. The van der Waals surface area contributed by atoms with Crippen molar-refractivity contribution in [3.05, 3.63) is 46.6 Å². The minimum Gasteiger partial charge on any atom is -0.373 e. The van der Waals surface area contributed by atoms with E-state index in [2.05, 4.69) is 4.98 Å². The predicted octanol–water partition coefficient (Wildman–Crippen LogP) is 1.95. The van der Waals surface area contributed by atoms with E-state index in [4.69, 9.17) is 11.1 Å². The molecule has 0 unspecified atom stereocenters. The fourth-order valence-corrected chi connectivity index (χ4v) is 0.313. The molecule has 48 valence electrons. The van der Waals surface area contributed by atoms with E-state index in [1.807, 2.05) is 18.2 Å². The van der Waals surface area contributed by atoms with Crippen molar-refractivity contribution in [2.24, 2.45) is 0 Å². The molecular weight excluding hydrogens is 181 g/mol. The average molecular weight is 187 g/mol. The molecule has 5 heteroatoms. The Morgan fingerprint density at radius 2 is 1.40 bits per heavy atom. The first-order chi connectivity index (χ1) is 4.41. The molecule has 0 saturated carbocycles. The molecule has 1 aromatic rings. The smallest absolute Gasteiger partial charge is 0.0267 e. The number of nitrogens with zero attached hydrogens (tertiary/aromatic N) is 4. The number of rotatable bonds is 0. The molecule has 0 aliphatic rings. The maximum absolute atomic E-state index is 6.75. The van der Waals surface area contributed by atoms with Crippen LogP contribution in [0, 0.1) is 0 Å². The third-order valence-corrected chi connectivity index (χ3v) is 0.566. The summed E-state index contributed by atoms with van der Waals surface area (Å²) in [6.45, 7) is 0. The number of hydrogen-bond acceptors (Lipinski definition) is 1. The van der Waals surface area contributed by atoms with Gasteiger partial charge < -0.3 is 11.1 Å². The Balaban J connectivity index is 0. The Labute approximate surface area is 71.5 Å². The van der Waals surface area contributed by atoms with Gasteiger partial charge in [0.2, 0.25) is 0 Å². The topological polar surface area (TPSA) is 71.6 Å². The summed E-state index contributed by atoms with van der Waals surface area (Å²) < 4.78 is 0. The minimum absolute atomic E-state index is 0. The van der Waals surface area contributed by atoms with E-state index in [0.717, 1.165) is 0 Å². The van der Waals surface area contributed by atoms with Crippen LogP contribution in [-0.2, 0) is 19.5 Å². The van der Waals surface area contributed by atoms with E-state index in [-0.39, 0.29) is 19.5 Å². The van der Waals surface area contributed by atoms with Gasteiger partial charge >= 0.3 is 0 Å². The zero-order valence-corrected chi connectivity index (χ0v) is 8.35. The second kappa shape index (κ2) is 11.0. The van der Waals surface area contributed by atoms with Gasteiger partial charge in [-0.05, 0) is 12.1 Å². The van der Waals surface area contributed by atoms with Gasteiger partial charge in [0, 0.05) is 31.9 Å². The molecule has 1 aromatic heterocycles. The molecule has 10 heavy (non-hydrogen) atoms. The van der Waals surface area contributed by atoms with Crippen LogP contribution in [0.25, 0.3) is 16.0 Å². The van der Waals surface area contributed by atoms with Gasteiger partial charge in [-0.2, -0.15) is 0 Å². The first kappa shape index (κ1) is 11.8.